The highest BCUT2D eigenvalue weighted by Crippen LogP contribution is 2.17. The molecule has 1 heterocycles. The van der Waals surface area contributed by atoms with E-state index in [1.165, 1.54) is 58.4 Å². The predicted molar refractivity (Wildman–Crippen MR) is 71.8 cm³/mol. The highest BCUT2D eigenvalue weighted by atomic mass is 15.1. The Morgan fingerprint density at radius 1 is 1.12 bits per heavy atom. The van der Waals surface area contributed by atoms with Crippen LogP contribution in [0.4, 0.5) is 0 Å². The first-order valence-electron chi connectivity index (χ1n) is 7.21. The lowest BCUT2D eigenvalue weighted by molar-refractivity contribution is 0.163. The van der Waals surface area contributed by atoms with E-state index < -0.39 is 0 Å². The molecule has 0 saturated carbocycles. The van der Waals surface area contributed by atoms with Gasteiger partial charge in [-0.25, -0.2) is 0 Å². The molecule has 0 radical (unpaired) electrons. The van der Waals surface area contributed by atoms with Gasteiger partial charge < -0.3 is 10.2 Å². The van der Waals surface area contributed by atoms with Crippen LogP contribution in [0.15, 0.2) is 0 Å². The Kier molecular flexibility index (Phi) is 7.06. The normalized spacial score (nSPS) is 18.8. The minimum atomic E-state index is 0.870. The Morgan fingerprint density at radius 3 is 2.06 bits per heavy atom. The van der Waals surface area contributed by atoms with E-state index in [2.05, 4.69) is 31.0 Å². The fraction of sp³-hybridized carbons (Fsp3) is 1.00. The second-order valence-corrected chi connectivity index (χ2v) is 5.40. The molecule has 1 saturated heterocycles. The molecule has 0 aromatic rings. The Balaban J connectivity index is 2.23. The summed E-state index contributed by atoms with van der Waals surface area (Å²) in [7, 11) is 0. The van der Waals surface area contributed by atoms with Crippen LogP contribution in [-0.2, 0) is 0 Å². The van der Waals surface area contributed by atoms with Gasteiger partial charge in [-0.05, 0) is 50.9 Å². The average molecular weight is 226 g/mol. The van der Waals surface area contributed by atoms with Crippen LogP contribution in [-0.4, -0.2) is 37.6 Å². The van der Waals surface area contributed by atoms with Gasteiger partial charge in [0.2, 0.25) is 0 Å². The van der Waals surface area contributed by atoms with Gasteiger partial charge >= 0.3 is 0 Å². The van der Waals surface area contributed by atoms with Crippen molar-refractivity contribution in [1.82, 2.24) is 10.2 Å². The van der Waals surface area contributed by atoms with Gasteiger partial charge in [0.25, 0.3) is 0 Å². The van der Waals surface area contributed by atoms with Crippen molar-refractivity contribution in [2.24, 2.45) is 11.8 Å². The van der Waals surface area contributed by atoms with E-state index in [9.17, 15) is 0 Å². The van der Waals surface area contributed by atoms with E-state index in [-0.39, 0.29) is 0 Å². The summed E-state index contributed by atoms with van der Waals surface area (Å²) in [4.78, 5) is 2.69. The summed E-state index contributed by atoms with van der Waals surface area (Å²) in [6, 6.07) is 0. The molecule has 1 rings (SSSR count). The predicted octanol–water partition coefficient (Wildman–Crippen LogP) is 2.74. The molecule has 0 spiro atoms. The van der Waals surface area contributed by atoms with Crippen molar-refractivity contribution in [3.63, 3.8) is 0 Å². The number of rotatable bonds is 9. The van der Waals surface area contributed by atoms with Crippen molar-refractivity contribution < 1.29 is 0 Å². The van der Waals surface area contributed by atoms with Gasteiger partial charge in [0.15, 0.2) is 0 Å². The van der Waals surface area contributed by atoms with E-state index in [1.807, 2.05) is 0 Å². The molecule has 1 unspecified atom stereocenters. The molecule has 1 aliphatic heterocycles. The maximum absolute atomic E-state index is 3.38. The summed E-state index contributed by atoms with van der Waals surface area (Å²) >= 11 is 0. The fourth-order valence-electron chi connectivity index (χ4n) is 2.33. The number of unbranched alkanes of at least 4 members (excludes halogenated alkanes) is 2. The monoisotopic (exact) mass is 226 g/mol. The molecule has 96 valence electrons. The fourth-order valence-corrected chi connectivity index (χ4v) is 2.33. The molecule has 16 heavy (non-hydrogen) atoms. The molecular formula is C14H30N2. The minimum absolute atomic E-state index is 0.870. The molecule has 0 aromatic carbocycles. The van der Waals surface area contributed by atoms with Crippen molar-refractivity contribution in [3.05, 3.63) is 0 Å². The molecule has 2 nitrogen and oxygen atoms in total. The molecule has 0 bridgehead atoms. The zero-order valence-electron chi connectivity index (χ0n) is 11.5. The lowest BCUT2D eigenvalue weighted by Gasteiger charge is -2.36. The highest BCUT2D eigenvalue weighted by molar-refractivity contribution is 4.81. The maximum Gasteiger partial charge on any atom is 0.00106 e. The third kappa shape index (κ3) is 4.84. The van der Waals surface area contributed by atoms with Crippen LogP contribution in [0.5, 0.6) is 0 Å². The quantitative estimate of drug-likeness (QED) is 0.650. The molecule has 0 amide bonds. The van der Waals surface area contributed by atoms with Gasteiger partial charge in [-0.15, -0.1) is 0 Å². The zero-order valence-corrected chi connectivity index (χ0v) is 11.5. The minimum Gasteiger partial charge on any atom is -0.316 e. The zero-order chi connectivity index (χ0) is 11.8. The average Bonchev–Trinajstić information content (AvgIpc) is 2.19. The number of nitrogens with one attached hydrogen (secondary N) is 1. The Morgan fingerprint density at radius 2 is 1.69 bits per heavy atom. The Hall–Kier alpha value is -0.0800. The third-order valence-corrected chi connectivity index (χ3v) is 3.82. The second kappa shape index (κ2) is 8.08. The van der Waals surface area contributed by atoms with Gasteiger partial charge in [-0.3, -0.25) is 0 Å². The van der Waals surface area contributed by atoms with Gasteiger partial charge in [0.05, 0.1) is 0 Å². The first-order valence-corrected chi connectivity index (χ1v) is 7.21. The molecule has 1 N–H and O–H groups in total. The van der Waals surface area contributed by atoms with Gasteiger partial charge in [0, 0.05) is 6.54 Å². The molecule has 1 aliphatic rings. The van der Waals surface area contributed by atoms with Crippen molar-refractivity contribution in [3.8, 4) is 0 Å². The van der Waals surface area contributed by atoms with E-state index in [0.717, 1.165) is 11.8 Å². The van der Waals surface area contributed by atoms with Crippen LogP contribution in [0.1, 0.15) is 46.5 Å². The largest absolute Gasteiger partial charge is 0.316 e. The van der Waals surface area contributed by atoms with Gasteiger partial charge in [-0.2, -0.15) is 0 Å². The second-order valence-electron chi connectivity index (χ2n) is 5.40. The van der Waals surface area contributed by atoms with Crippen LogP contribution >= 0.6 is 0 Å². The topological polar surface area (TPSA) is 15.3 Å². The highest BCUT2D eigenvalue weighted by Gasteiger charge is 2.24. The van der Waals surface area contributed by atoms with Crippen molar-refractivity contribution in [1.29, 1.82) is 0 Å². The lowest BCUT2D eigenvalue weighted by Crippen LogP contribution is -2.48. The molecule has 1 atom stereocenters. The van der Waals surface area contributed by atoms with Crippen LogP contribution in [0, 0.1) is 11.8 Å². The number of nitrogens with zero attached hydrogens (tertiary/aromatic N) is 1. The van der Waals surface area contributed by atoms with Crippen LogP contribution in [0.2, 0.25) is 0 Å². The lowest BCUT2D eigenvalue weighted by atomic mass is 9.88. The molecule has 1 fully saturated rings. The van der Waals surface area contributed by atoms with Gasteiger partial charge in [-0.1, -0.05) is 33.6 Å². The molecule has 2 heteroatoms. The first-order chi connectivity index (χ1) is 7.77. The summed E-state index contributed by atoms with van der Waals surface area (Å²) in [5, 5.41) is 3.38. The van der Waals surface area contributed by atoms with Crippen LogP contribution < -0.4 is 5.32 Å². The van der Waals surface area contributed by atoms with Crippen molar-refractivity contribution in [2.45, 2.75) is 46.5 Å². The summed E-state index contributed by atoms with van der Waals surface area (Å²) in [5.41, 5.74) is 0. The first kappa shape index (κ1) is 14.0. The summed E-state index contributed by atoms with van der Waals surface area (Å²) < 4.78 is 0. The molecule has 0 aromatic heterocycles. The van der Waals surface area contributed by atoms with Crippen molar-refractivity contribution >= 4 is 0 Å². The Labute approximate surface area is 102 Å². The standard InChI is InChI=1S/C14H30N2/c1-4-6-8-16(9-7-5-2)12-13(3)14-10-15-11-14/h13-15H,4-12H2,1-3H3. The summed E-state index contributed by atoms with van der Waals surface area (Å²) in [6.07, 6.45) is 5.36. The van der Waals surface area contributed by atoms with Crippen LogP contribution in [0.3, 0.4) is 0 Å². The molecule has 0 aliphatic carbocycles. The van der Waals surface area contributed by atoms with Gasteiger partial charge in [0.1, 0.15) is 0 Å². The smallest absolute Gasteiger partial charge is 0.00106 e. The SMILES string of the molecule is CCCCN(CCCC)CC(C)C1CNC1. The third-order valence-electron chi connectivity index (χ3n) is 3.82. The summed E-state index contributed by atoms with van der Waals surface area (Å²) in [6.45, 7) is 13.4. The maximum atomic E-state index is 3.38. The van der Waals surface area contributed by atoms with E-state index in [0.29, 0.717) is 0 Å². The number of hydrogen-bond acceptors (Lipinski definition) is 2. The van der Waals surface area contributed by atoms with E-state index >= 15 is 0 Å². The van der Waals surface area contributed by atoms with E-state index in [1.54, 1.807) is 0 Å². The van der Waals surface area contributed by atoms with Crippen molar-refractivity contribution in [2.75, 3.05) is 32.7 Å². The Bertz CT molecular complexity index is 158. The van der Waals surface area contributed by atoms with Crippen LogP contribution in [0.25, 0.3) is 0 Å². The van der Waals surface area contributed by atoms with E-state index in [4.69, 9.17) is 0 Å². The number of hydrogen-bond donors (Lipinski definition) is 1. The summed E-state index contributed by atoms with van der Waals surface area (Å²) in [5.74, 6) is 1.81. The molecular weight excluding hydrogens is 196 g/mol.